The van der Waals surface area contributed by atoms with E-state index in [-0.39, 0.29) is 24.9 Å². The smallest absolute Gasteiger partial charge is 0.0912 e. The Morgan fingerprint density at radius 1 is 1.33 bits per heavy atom. The van der Waals surface area contributed by atoms with Crippen LogP contribution in [-0.2, 0) is 0 Å². The number of halogens is 4. The van der Waals surface area contributed by atoms with Crippen molar-refractivity contribution in [2.45, 2.75) is 12.5 Å². The first-order valence-corrected chi connectivity index (χ1v) is 5.70. The average molecular weight is 362 g/mol. The Labute approximate surface area is 111 Å². The molecule has 0 saturated heterocycles. The van der Waals surface area contributed by atoms with Gasteiger partial charge in [-0.25, -0.2) is 0 Å². The summed E-state index contributed by atoms with van der Waals surface area (Å²) in [5.41, 5.74) is 12.9. The van der Waals surface area contributed by atoms with Crippen molar-refractivity contribution in [3.8, 4) is 0 Å². The summed E-state index contributed by atoms with van der Waals surface area (Å²) in [4.78, 5) is 0. The molecule has 0 aliphatic heterocycles. The van der Waals surface area contributed by atoms with Gasteiger partial charge in [0.25, 0.3) is 0 Å². The van der Waals surface area contributed by atoms with Crippen LogP contribution in [0.25, 0.3) is 0 Å². The van der Waals surface area contributed by atoms with Crippen LogP contribution in [0.2, 0.25) is 0 Å². The summed E-state index contributed by atoms with van der Waals surface area (Å²) in [5.74, 6) is 0. The lowest BCUT2D eigenvalue weighted by Gasteiger charge is -2.14. The van der Waals surface area contributed by atoms with Crippen LogP contribution in [-0.4, -0.2) is 6.67 Å². The predicted octanol–water partition coefficient (Wildman–Crippen LogP) is 3.58. The van der Waals surface area contributed by atoms with Crippen LogP contribution in [0.4, 0.5) is 10.1 Å². The molecular weight excluding hydrogens is 350 g/mol. The highest BCUT2D eigenvalue weighted by molar-refractivity contribution is 9.11. The van der Waals surface area contributed by atoms with Crippen LogP contribution in [0, 0.1) is 0 Å². The molecule has 0 unspecified atom stereocenters. The van der Waals surface area contributed by atoms with Crippen LogP contribution in [0.15, 0.2) is 21.1 Å². The molecule has 0 heterocycles. The minimum atomic E-state index is -0.440. The number of nitrogens with two attached hydrogens (primary N) is 2. The molecule has 0 spiro atoms. The van der Waals surface area contributed by atoms with Gasteiger partial charge in [-0.05, 0) is 40.0 Å². The fourth-order valence-corrected chi connectivity index (χ4v) is 2.44. The molecule has 1 atom stereocenters. The zero-order valence-electron chi connectivity index (χ0n) is 7.84. The summed E-state index contributed by atoms with van der Waals surface area (Å²) in [5, 5.41) is 0. The van der Waals surface area contributed by atoms with E-state index >= 15 is 0 Å². The van der Waals surface area contributed by atoms with Crippen LogP contribution in [0.5, 0.6) is 0 Å². The number of hydrogen-bond donors (Lipinski definition) is 2. The van der Waals surface area contributed by atoms with Crippen molar-refractivity contribution < 1.29 is 4.39 Å². The van der Waals surface area contributed by atoms with Gasteiger partial charge in [-0.1, -0.05) is 15.9 Å². The van der Waals surface area contributed by atoms with Gasteiger partial charge in [-0.2, -0.15) is 0 Å². The van der Waals surface area contributed by atoms with Crippen molar-refractivity contribution in [3.63, 3.8) is 0 Å². The van der Waals surface area contributed by atoms with Crippen LogP contribution in [0.3, 0.4) is 0 Å². The maximum Gasteiger partial charge on any atom is 0.0912 e. The second-order valence-corrected chi connectivity index (χ2v) is 4.74. The topological polar surface area (TPSA) is 52.0 Å². The van der Waals surface area contributed by atoms with Crippen molar-refractivity contribution in [1.82, 2.24) is 0 Å². The summed E-state index contributed by atoms with van der Waals surface area (Å²) in [7, 11) is 0. The Morgan fingerprint density at radius 2 is 1.93 bits per heavy atom. The van der Waals surface area contributed by atoms with Gasteiger partial charge in [-0.15, -0.1) is 12.4 Å². The number of hydrogen-bond acceptors (Lipinski definition) is 2. The van der Waals surface area contributed by atoms with E-state index < -0.39 is 6.67 Å². The molecule has 1 aromatic carbocycles. The van der Waals surface area contributed by atoms with Crippen molar-refractivity contribution in [1.29, 1.82) is 0 Å². The SMILES string of the molecule is Cl.Nc1c(Br)cc(Br)cc1[C@@H](N)CCF. The highest BCUT2D eigenvalue weighted by Crippen LogP contribution is 2.32. The number of anilines is 1. The average Bonchev–Trinajstić information content (AvgIpc) is 2.11. The Kier molecular flexibility index (Phi) is 6.75. The molecule has 4 N–H and O–H groups in total. The molecule has 0 amide bonds. The molecule has 0 radical (unpaired) electrons. The largest absolute Gasteiger partial charge is 0.398 e. The summed E-state index contributed by atoms with van der Waals surface area (Å²) in [6, 6.07) is 3.30. The fraction of sp³-hybridized carbons (Fsp3) is 0.333. The highest BCUT2D eigenvalue weighted by Gasteiger charge is 2.12. The lowest BCUT2D eigenvalue weighted by Crippen LogP contribution is -2.13. The molecule has 86 valence electrons. The van der Waals surface area contributed by atoms with Gasteiger partial charge < -0.3 is 11.5 Å². The molecule has 15 heavy (non-hydrogen) atoms. The number of rotatable bonds is 3. The molecule has 1 aromatic rings. The molecular formula is C9H12Br2ClFN2. The van der Waals surface area contributed by atoms with Crippen LogP contribution >= 0.6 is 44.3 Å². The van der Waals surface area contributed by atoms with E-state index in [0.717, 1.165) is 14.5 Å². The van der Waals surface area contributed by atoms with E-state index in [2.05, 4.69) is 31.9 Å². The third-order valence-corrected chi connectivity index (χ3v) is 3.06. The molecule has 1 rings (SSSR count). The number of alkyl halides is 1. The molecule has 0 bridgehead atoms. The monoisotopic (exact) mass is 360 g/mol. The van der Waals surface area contributed by atoms with Crippen molar-refractivity contribution in [3.05, 3.63) is 26.6 Å². The normalized spacial score (nSPS) is 12.0. The maximum atomic E-state index is 12.1. The highest BCUT2D eigenvalue weighted by atomic mass is 79.9. The van der Waals surface area contributed by atoms with Crippen molar-refractivity contribution in [2.75, 3.05) is 12.4 Å². The van der Waals surface area contributed by atoms with Gasteiger partial charge in [0.05, 0.1) is 12.4 Å². The first-order chi connectivity index (χ1) is 6.56. The lowest BCUT2D eigenvalue weighted by molar-refractivity contribution is 0.442. The van der Waals surface area contributed by atoms with E-state index in [4.69, 9.17) is 11.5 Å². The molecule has 6 heteroatoms. The van der Waals surface area contributed by atoms with E-state index in [1.165, 1.54) is 0 Å². The third-order valence-electron chi connectivity index (χ3n) is 1.95. The van der Waals surface area contributed by atoms with E-state index in [1.807, 2.05) is 12.1 Å². The van der Waals surface area contributed by atoms with Gasteiger partial charge in [0.15, 0.2) is 0 Å². The van der Waals surface area contributed by atoms with Gasteiger partial charge in [-0.3, -0.25) is 4.39 Å². The van der Waals surface area contributed by atoms with Crippen LogP contribution in [0.1, 0.15) is 18.0 Å². The van der Waals surface area contributed by atoms with Gasteiger partial charge in [0.1, 0.15) is 0 Å². The van der Waals surface area contributed by atoms with E-state index in [0.29, 0.717) is 5.69 Å². The van der Waals surface area contributed by atoms with Gasteiger partial charge in [0.2, 0.25) is 0 Å². The van der Waals surface area contributed by atoms with Gasteiger partial charge >= 0.3 is 0 Å². The minimum absolute atomic E-state index is 0. The maximum absolute atomic E-state index is 12.1. The van der Waals surface area contributed by atoms with Crippen LogP contribution < -0.4 is 11.5 Å². The molecule has 0 aliphatic rings. The van der Waals surface area contributed by atoms with E-state index in [9.17, 15) is 4.39 Å². The summed E-state index contributed by atoms with van der Waals surface area (Å²) in [6.45, 7) is -0.440. The third kappa shape index (κ3) is 3.90. The Bertz CT molecular complexity index is 336. The number of benzene rings is 1. The zero-order chi connectivity index (χ0) is 10.7. The van der Waals surface area contributed by atoms with Gasteiger partial charge in [0, 0.05) is 15.0 Å². The zero-order valence-corrected chi connectivity index (χ0v) is 11.8. The van der Waals surface area contributed by atoms with Crippen molar-refractivity contribution in [2.24, 2.45) is 5.73 Å². The minimum Gasteiger partial charge on any atom is -0.398 e. The number of nitrogen functional groups attached to an aromatic ring is 1. The Morgan fingerprint density at radius 3 is 2.47 bits per heavy atom. The standard InChI is InChI=1S/C9H11Br2FN2.ClH/c10-5-3-6(8(13)1-2-12)9(14)7(11)4-5;/h3-4,8H,1-2,13-14H2;1H/t8-;/m0./s1. The molecule has 2 nitrogen and oxygen atoms in total. The fourth-order valence-electron chi connectivity index (χ4n) is 1.18. The predicted molar refractivity (Wildman–Crippen MR) is 71.0 cm³/mol. The summed E-state index contributed by atoms with van der Waals surface area (Å²) in [6.07, 6.45) is 0.285. The quantitative estimate of drug-likeness (QED) is 0.808. The molecule has 0 fully saturated rings. The summed E-state index contributed by atoms with van der Waals surface area (Å²) >= 11 is 6.64. The van der Waals surface area contributed by atoms with Crippen molar-refractivity contribution >= 4 is 50.0 Å². The molecule has 0 aromatic heterocycles. The van der Waals surface area contributed by atoms with E-state index in [1.54, 1.807) is 0 Å². The second kappa shape index (κ2) is 6.68. The molecule has 0 saturated carbocycles. The summed E-state index contributed by atoms with van der Waals surface area (Å²) < 4.78 is 13.8. The molecule has 0 aliphatic carbocycles. The Balaban J connectivity index is 0.00000196. The Hall–Kier alpha value is 0.160. The second-order valence-electron chi connectivity index (χ2n) is 2.97. The first kappa shape index (κ1) is 15.2. The lowest BCUT2D eigenvalue weighted by atomic mass is 10.0. The first-order valence-electron chi connectivity index (χ1n) is 4.12.